The Hall–Kier alpha value is -7.15. The first-order valence-corrected chi connectivity index (χ1v) is 20.7. The van der Waals surface area contributed by atoms with Crippen molar-refractivity contribution in [2.24, 2.45) is 0 Å². The van der Waals surface area contributed by atoms with Crippen molar-refractivity contribution in [2.45, 2.75) is 22.6 Å². The standard InChI is InChI=1S/C53H35N5S/c1-33-38-20-9-10-21-39(38)53(42-24-14-28-55-49(42)50-43(53)25-15-29-56-50)44(33)31-47-34(2)52(40-22-11-12-26-46(40)59-47)41-23-13-27-54-48(41)51-45(52)30-37(32-57-51)58(35-16-5-3-6-17-35)36-18-7-4-8-19-36/h3-32H,1H2,2H3/b44-31+. The molecule has 0 N–H and O–H groups in total. The number of fused-ring (bicyclic) bond motifs is 14. The van der Waals surface area contributed by atoms with Crippen molar-refractivity contribution < 1.29 is 0 Å². The third kappa shape index (κ3) is 4.47. The predicted molar refractivity (Wildman–Crippen MR) is 238 cm³/mol. The first kappa shape index (κ1) is 33.9. The molecule has 1 aliphatic heterocycles. The lowest BCUT2D eigenvalue weighted by Gasteiger charge is -2.40. The summed E-state index contributed by atoms with van der Waals surface area (Å²) in [6.07, 6.45) is 10.1. The van der Waals surface area contributed by atoms with Gasteiger partial charge in [0.1, 0.15) is 0 Å². The fourth-order valence-electron chi connectivity index (χ4n) is 10.4. The maximum atomic E-state index is 5.33. The Morgan fingerprint density at radius 1 is 0.508 bits per heavy atom. The van der Waals surface area contributed by atoms with Crippen LogP contribution in [0.1, 0.15) is 45.9 Å². The van der Waals surface area contributed by atoms with Crippen LogP contribution in [0.25, 0.3) is 28.3 Å². The van der Waals surface area contributed by atoms with E-state index in [1.807, 2.05) is 36.5 Å². The van der Waals surface area contributed by atoms with E-state index >= 15 is 0 Å². The van der Waals surface area contributed by atoms with E-state index in [1.165, 1.54) is 26.5 Å². The minimum Gasteiger partial charge on any atom is -0.309 e. The van der Waals surface area contributed by atoms with E-state index in [-0.39, 0.29) is 0 Å². The number of thioether (sulfide) groups is 1. The van der Waals surface area contributed by atoms with Crippen LogP contribution in [-0.4, -0.2) is 19.9 Å². The number of hydrogen-bond donors (Lipinski definition) is 0. The average molecular weight is 774 g/mol. The second-order valence-corrected chi connectivity index (χ2v) is 16.5. The summed E-state index contributed by atoms with van der Waals surface area (Å²) in [5.74, 6) is 0. The number of aromatic nitrogens is 4. The Bertz CT molecular complexity index is 3050. The molecule has 12 rings (SSSR count). The highest BCUT2D eigenvalue weighted by Gasteiger charge is 2.55. The van der Waals surface area contributed by atoms with Gasteiger partial charge in [0.25, 0.3) is 0 Å². The number of allylic oxidation sites excluding steroid dienone is 4. The molecule has 4 aliphatic rings. The van der Waals surface area contributed by atoms with Crippen molar-refractivity contribution in [3.8, 4) is 22.8 Å². The molecule has 0 saturated carbocycles. The number of hydrogen-bond acceptors (Lipinski definition) is 6. The van der Waals surface area contributed by atoms with E-state index in [0.29, 0.717) is 0 Å². The van der Waals surface area contributed by atoms with E-state index in [0.717, 1.165) is 78.8 Å². The van der Waals surface area contributed by atoms with E-state index in [9.17, 15) is 0 Å². The van der Waals surface area contributed by atoms with Gasteiger partial charge in [0.15, 0.2) is 0 Å². The lowest BCUT2D eigenvalue weighted by Crippen LogP contribution is -2.32. The van der Waals surface area contributed by atoms with Crippen molar-refractivity contribution in [2.75, 3.05) is 4.90 Å². The molecule has 59 heavy (non-hydrogen) atoms. The van der Waals surface area contributed by atoms with Gasteiger partial charge in [-0.3, -0.25) is 19.9 Å². The molecule has 0 amide bonds. The van der Waals surface area contributed by atoms with Gasteiger partial charge < -0.3 is 4.90 Å². The number of anilines is 3. The third-order valence-electron chi connectivity index (χ3n) is 12.8. The van der Waals surface area contributed by atoms with Crippen LogP contribution < -0.4 is 4.90 Å². The van der Waals surface area contributed by atoms with Gasteiger partial charge in [0.2, 0.25) is 0 Å². The third-order valence-corrected chi connectivity index (χ3v) is 14.0. The zero-order valence-electron chi connectivity index (χ0n) is 32.2. The van der Waals surface area contributed by atoms with E-state index in [2.05, 4.69) is 170 Å². The second kappa shape index (κ2) is 12.7. The van der Waals surface area contributed by atoms with Crippen LogP contribution in [-0.2, 0) is 10.8 Å². The number of nitrogens with zero attached hydrogens (tertiary/aromatic N) is 5. The minimum atomic E-state index is -0.677. The zero-order valence-corrected chi connectivity index (χ0v) is 33.0. The summed E-state index contributed by atoms with van der Waals surface area (Å²) in [4.78, 5) is 25.0. The first-order chi connectivity index (χ1) is 29.1. The van der Waals surface area contributed by atoms with Crippen LogP contribution in [0.15, 0.2) is 210 Å². The highest BCUT2D eigenvalue weighted by molar-refractivity contribution is 8.03. The molecule has 1 unspecified atom stereocenters. The summed E-state index contributed by atoms with van der Waals surface area (Å²) in [6.45, 7) is 7.18. The minimum absolute atomic E-state index is 0.632. The monoisotopic (exact) mass is 773 g/mol. The highest BCUT2D eigenvalue weighted by atomic mass is 32.2. The topological polar surface area (TPSA) is 54.8 Å². The van der Waals surface area contributed by atoms with Gasteiger partial charge in [-0.05, 0) is 118 Å². The molecule has 8 aromatic rings. The summed E-state index contributed by atoms with van der Waals surface area (Å²) in [5.41, 5.74) is 17.0. The van der Waals surface area contributed by atoms with Gasteiger partial charge >= 0.3 is 0 Å². The number of benzene rings is 4. The lowest BCUT2D eigenvalue weighted by molar-refractivity contribution is 0.718. The fraction of sp³-hybridized carbons (Fsp3) is 0.0566. The van der Waals surface area contributed by atoms with Gasteiger partial charge in [0, 0.05) is 45.3 Å². The van der Waals surface area contributed by atoms with E-state index < -0.39 is 10.8 Å². The molecular weight excluding hydrogens is 739 g/mol. The molecule has 4 aromatic heterocycles. The smallest absolute Gasteiger partial charge is 0.0939 e. The van der Waals surface area contributed by atoms with Crippen LogP contribution in [0.5, 0.6) is 0 Å². The summed E-state index contributed by atoms with van der Waals surface area (Å²) in [7, 11) is 0. The molecular formula is C53H35N5S. The summed E-state index contributed by atoms with van der Waals surface area (Å²) in [5, 5.41) is 0. The summed E-state index contributed by atoms with van der Waals surface area (Å²) < 4.78 is 0. The second-order valence-electron chi connectivity index (χ2n) is 15.5. The van der Waals surface area contributed by atoms with Gasteiger partial charge in [-0.15, -0.1) is 0 Å². The van der Waals surface area contributed by atoms with Gasteiger partial charge in [-0.2, -0.15) is 0 Å². The van der Waals surface area contributed by atoms with Crippen LogP contribution in [0, 0.1) is 0 Å². The highest BCUT2D eigenvalue weighted by Crippen LogP contribution is 2.65. The van der Waals surface area contributed by atoms with Gasteiger partial charge in [-0.1, -0.05) is 115 Å². The molecule has 3 aliphatic carbocycles. The van der Waals surface area contributed by atoms with Gasteiger partial charge in [-0.25, -0.2) is 0 Å². The van der Waals surface area contributed by atoms with Gasteiger partial charge in [0.05, 0.1) is 45.5 Å². The van der Waals surface area contributed by atoms with E-state index in [1.54, 1.807) is 0 Å². The first-order valence-electron chi connectivity index (χ1n) is 19.9. The van der Waals surface area contributed by atoms with Crippen LogP contribution >= 0.6 is 11.8 Å². The number of rotatable bonds is 4. The Balaban J connectivity index is 1.15. The molecule has 278 valence electrons. The molecule has 0 radical (unpaired) electrons. The normalized spacial score (nSPS) is 18.1. The van der Waals surface area contributed by atoms with Crippen molar-refractivity contribution in [1.82, 2.24) is 19.9 Å². The zero-order chi connectivity index (χ0) is 39.3. The average Bonchev–Trinajstić information content (AvgIpc) is 3.85. The summed E-state index contributed by atoms with van der Waals surface area (Å²) in [6, 6.07) is 53.9. The van der Waals surface area contributed by atoms with Crippen LogP contribution in [0.3, 0.4) is 0 Å². The SMILES string of the molecule is C=C1/C(=C\C2=C(C)C3(c4ccccc4S2)c2cccnc2-c2ncc(N(c4ccccc4)c4ccccc4)cc23)C2(c3ccccc31)c1cccnc1-c1ncccc12. The molecule has 4 aromatic carbocycles. The Morgan fingerprint density at radius 2 is 1.02 bits per heavy atom. The van der Waals surface area contributed by atoms with Crippen molar-refractivity contribution in [3.05, 3.63) is 244 Å². The van der Waals surface area contributed by atoms with Crippen LogP contribution in [0.2, 0.25) is 0 Å². The fourth-order valence-corrected chi connectivity index (χ4v) is 11.6. The summed E-state index contributed by atoms with van der Waals surface area (Å²) >= 11 is 1.83. The maximum absolute atomic E-state index is 5.33. The lowest BCUT2D eigenvalue weighted by atomic mass is 9.67. The van der Waals surface area contributed by atoms with Crippen LogP contribution in [0.4, 0.5) is 17.1 Å². The molecule has 0 fully saturated rings. The molecule has 5 nitrogen and oxygen atoms in total. The van der Waals surface area contributed by atoms with Crippen molar-refractivity contribution in [3.63, 3.8) is 0 Å². The van der Waals surface area contributed by atoms with Crippen molar-refractivity contribution in [1.29, 1.82) is 0 Å². The Labute approximate surface area is 347 Å². The molecule has 6 heteroatoms. The molecule has 2 spiro atoms. The van der Waals surface area contributed by atoms with E-state index in [4.69, 9.17) is 26.5 Å². The largest absolute Gasteiger partial charge is 0.309 e. The molecule has 0 bridgehead atoms. The molecule has 5 heterocycles. The maximum Gasteiger partial charge on any atom is 0.0939 e. The predicted octanol–water partition coefficient (Wildman–Crippen LogP) is 12.4. The quantitative estimate of drug-likeness (QED) is 0.178. The van der Waals surface area contributed by atoms with Crippen molar-refractivity contribution >= 4 is 34.4 Å². The number of pyridine rings is 4. The Kier molecular flexibility index (Phi) is 7.29. The number of para-hydroxylation sites is 2. The Morgan fingerprint density at radius 3 is 1.64 bits per heavy atom. The molecule has 0 saturated heterocycles. The molecule has 1 atom stereocenters.